The first-order valence-electron chi connectivity index (χ1n) is 14.9. The van der Waals surface area contributed by atoms with Crippen LogP contribution in [0.5, 0.6) is 0 Å². The van der Waals surface area contributed by atoms with E-state index in [1.165, 1.54) is 83.8 Å². The van der Waals surface area contributed by atoms with Crippen LogP contribution in [0.2, 0.25) is 0 Å². The van der Waals surface area contributed by atoms with Crippen LogP contribution in [0.4, 0.5) is 0 Å². The summed E-state index contributed by atoms with van der Waals surface area (Å²) in [6.07, 6.45) is 1.86. The molecule has 204 valence electrons. The van der Waals surface area contributed by atoms with Crippen molar-refractivity contribution in [2.75, 3.05) is 0 Å². The zero-order valence-electron chi connectivity index (χ0n) is 23.5. The number of pyridine rings is 1. The molecule has 0 aliphatic heterocycles. The number of benzene rings is 7. The van der Waals surface area contributed by atoms with Gasteiger partial charge in [-0.05, 0) is 92.0 Å². The second kappa shape index (κ2) is 9.20. The highest BCUT2D eigenvalue weighted by atomic mass is 32.1. The van der Waals surface area contributed by atoms with E-state index < -0.39 is 0 Å². The molecule has 3 heterocycles. The Morgan fingerprint density at radius 1 is 0.364 bits per heavy atom. The fourth-order valence-electron chi connectivity index (χ4n) is 7.06. The van der Waals surface area contributed by atoms with E-state index in [2.05, 4.69) is 126 Å². The second-order valence-electron chi connectivity index (χ2n) is 11.5. The van der Waals surface area contributed by atoms with Gasteiger partial charge in [0.15, 0.2) is 0 Å². The quantitative estimate of drug-likeness (QED) is 0.182. The van der Waals surface area contributed by atoms with Crippen LogP contribution in [-0.4, -0.2) is 4.98 Å². The Kier molecular flexibility index (Phi) is 5.10. The Hall–Kier alpha value is -5.09. The lowest BCUT2D eigenvalue weighted by atomic mass is 9.93. The lowest BCUT2D eigenvalue weighted by Gasteiger charge is -2.10. The number of nitrogens with zero attached hydrogens (tertiary/aromatic N) is 1. The molecular formula is C41H23NS2. The molecule has 0 spiro atoms. The van der Waals surface area contributed by atoms with Crippen LogP contribution in [0.3, 0.4) is 0 Å². The zero-order valence-corrected chi connectivity index (χ0v) is 25.2. The highest BCUT2D eigenvalue weighted by Gasteiger charge is 2.15. The molecule has 3 heteroatoms. The molecule has 0 atom stereocenters. The van der Waals surface area contributed by atoms with Crippen molar-refractivity contribution < 1.29 is 0 Å². The molecule has 0 unspecified atom stereocenters. The van der Waals surface area contributed by atoms with Gasteiger partial charge in [0.25, 0.3) is 0 Å². The monoisotopic (exact) mass is 593 g/mol. The Balaban J connectivity index is 1.20. The molecule has 0 fully saturated rings. The maximum Gasteiger partial charge on any atom is 0.0702 e. The number of rotatable bonds is 2. The van der Waals surface area contributed by atoms with Crippen LogP contribution < -0.4 is 0 Å². The molecule has 3 aromatic heterocycles. The number of hydrogen-bond donors (Lipinski definition) is 0. The maximum atomic E-state index is 4.59. The van der Waals surface area contributed by atoms with Crippen molar-refractivity contribution in [1.82, 2.24) is 4.98 Å². The molecule has 0 aliphatic carbocycles. The third-order valence-corrected chi connectivity index (χ3v) is 11.5. The third kappa shape index (κ3) is 3.48. The Bertz CT molecular complexity index is 2770. The predicted octanol–water partition coefficient (Wildman–Crippen LogP) is 12.6. The molecule has 7 aromatic carbocycles. The van der Waals surface area contributed by atoms with E-state index >= 15 is 0 Å². The van der Waals surface area contributed by atoms with Gasteiger partial charge in [-0.15, -0.1) is 22.7 Å². The first-order valence-corrected chi connectivity index (χ1v) is 16.5. The molecule has 0 saturated heterocycles. The van der Waals surface area contributed by atoms with Crippen molar-refractivity contribution in [1.29, 1.82) is 0 Å². The molecule has 0 bridgehead atoms. The summed E-state index contributed by atoms with van der Waals surface area (Å²) in [6.45, 7) is 0. The third-order valence-electron chi connectivity index (χ3n) is 9.10. The summed E-state index contributed by atoms with van der Waals surface area (Å²) in [5, 5.41) is 13.2. The van der Waals surface area contributed by atoms with Gasteiger partial charge >= 0.3 is 0 Å². The van der Waals surface area contributed by atoms with Gasteiger partial charge in [-0.25, -0.2) is 0 Å². The summed E-state index contributed by atoms with van der Waals surface area (Å²) >= 11 is 3.78. The van der Waals surface area contributed by atoms with E-state index in [0.717, 1.165) is 11.3 Å². The summed E-state index contributed by atoms with van der Waals surface area (Å²) in [5.74, 6) is 0. The first kappa shape index (κ1) is 24.4. The van der Waals surface area contributed by atoms with Crippen LogP contribution in [0, 0.1) is 0 Å². The summed E-state index contributed by atoms with van der Waals surface area (Å²) in [5.41, 5.74) is 4.72. The molecule has 10 rings (SSSR count). The largest absolute Gasteiger partial charge is 0.256 e. The van der Waals surface area contributed by atoms with Gasteiger partial charge in [0.05, 0.1) is 5.69 Å². The summed E-state index contributed by atoms with van der Waals surface area (Å²) in [7, 11) is 0. The van der Waals surface area contributed by atoms with E-state index in [4.69, 9.17) is 0 Å². The summed E-state index contributed by atoms with van der Waals surface area (Å²) < 4.78 is 5.31. The van der Waals surface area contributed by atoms with Gasteiger partial charge < -0.3 is 0 Å². The average molecular weight is 594 g/mol. The van der Waals surface area contributed by atoms with E-state index in [1.54, 1.807) is 0 Å². The number of hydrogen-bond acceptors (Lipinski definition) is 3. The fourth-order valence-corrected chi connectivity index (χ4v) is 9.39. The maximum absolute atomic E-state index is 4.59. The molecule has 0 radical (unpaired) electrons. The van der Waals surface area contributed by atoms with Crippen LogP contribution in [0.15, 0.2) is 140 Å². The van der Waals surface area contributed by atoms with Gasteiger partial charge in [-0.3, -0.25) is 4.98 Å². The highest BCUT2D eigenvalue weighted by Crippen LogP contribution is 2.45. The molecule has 0 amide bonds. The van der Waals surface area contributed by atoms with E-state index in [1.807, 2.05) is 41.0 Å². The van der Waals surface area contributed by atoms with Crippen LogP contribution in [-0.2, 0) is 0 Å². The topological polar surface area (TPSA) is 12.9 Å². The standard InChI is InChI=1S/C41H23NS2/c1-3-10-29-27(8-1)28-9-2-4-11-30(28)33-23-40-36(22-32(29)33)35-20-24(15-17-38(35)43-40)26-12-7-13-31-34-21-25(37-14-5-6-19-42-37)16-18-39(34)44-41(26)31/h1-23H. The first-order chi connectivity index (χ1) is 21.8. The molecule has 10 aromatic rings. The molecule has 1 nitrogen and oxygen atoms in total. The van der Waals surface area contributed by atoms with Crippen molar-refractivity contribution in [3.63, 3.8) is 0 Å². The van der Waals surface area contributed by atoms with Crippen molar-refractivity contribution in [3.8, 4) is 22.4 Å². The Morgan fingerprint density at radius 3 is 1.70 bits per heavy atom. The van der Waals surface area contributed by atoms with Crippen LogP contribution >= 0.6 is 22.7 Å². The zero-order chi connectivity index (χ0) is 28.8. The lowest BCUT2D eigenvalue weighted by molar-refractivity contribution is 1.33. The smallest absolute Gasteiger partial charge is 0.0702 e. The fraction of sp³-hybridized carbons (Fsp3) is 0. The number of thiophene rings is 2. The van der Waals surface area contributed by atoms with Crippen molar-refractivity contribution in [2.24, 2.45) is 0 Å². The minimum atomic E-state index is 1.01. The molecule has 0 saturated carbocycles. The van der Waals surface area contributed by atoms with Gasteiger partial charge in [-0.2, -0.15) is 0 Å². The van der Waals surface area contributed by atoms with Gasteiger partial charge in [0.1, 0.15) is 0 Å². The molecule has 0 N–H and O–H groups in total. The van der Waals surface area contributed by atoms with E-state index in [9.17, 15) is 0 Å². The van der Waals surface area contributed by atoms with Crippen molar-refractivity contribution in [3.05, 3.63) is 140 Å². The Labute approximate surface area is 261 Å². The average Bonchev–Trinajstić information content (AvgIpc) is 3.65. The Morgan fingerprint density at radius 2 is 0.955 bits per heavy atom. The SMILES string of the molecule is c1ccc(-c2ccc3sc4c(-c5ccc6sc7cc8c9ccccc9c9ccccc9c8cc7c6c5)cccc4c3c2)nc1. The van der Waals surface area contributed by atoms with Crippen molar-refractivity contribution >= 4 is 95.3 Å². The summed E-state index contributed by atoms with van der Waals surface area (Å²) in [4.78, 5) is 4.59. The minimum Gasteiger partial charge on any atom is -0.256 e. The van der Waals surface area contributed by atoms with Crippen LogP contribution in [0.1, 0.15) is 0 Å². The van der Waals surface area contributed by atoms with E-state index in [-0.39, 0.29) is 0 Å². The predicted molar refractivity (Wildman–Crippen MR) is 193 cm³/mol. The summed E-state index contributed by atoms with van der Waals surface area (Å²) in [6, 6.07) is 49.2. The van der Waals surface area contributed by atoms with Gasteiger partial charge in [0.2, 0.25) is 0 Å². The number of aromatic nitrogens is 1. The molecule has 44 heavy (non-hydrogen) atoms. The number of fused-ring (bicyclic) bond motifs is 12. The van der Waals surface area contributed by atoms with Crippen molar-refractivity contribution in [2.45, 2.75) is 0 Å². The highest BCUT2D eigenvalue weighted by molar-refractivity contribution is 7.26. The van der Waals surface area contributed by atoms with E-state index in [0.29, 0.717) is 0 Å². The van der Waals surface area contributed by atoms with Gasteiger partial charge in [-0.1, -0.05) is 84.9 Å². The minimum absolute atomic E-state index is 1.01. The second-order valence-corrected chi connectivity index (χ2v) is 13.6. The normalized spacial score (nSPS) is 12.1. The van der Waals surface area contributed by atoms with Crippen LogP contribution in [0.25, 0.3) is 95.0 Å². The van der Waals surface area contributed by atoms with Gasteiger partial charge in [0, 0.05) is 52.1 Å². The molecular weight excluding hydrogens is 571 g/mol. The lowest BCUT2D eigenvalue weighted by Crippen LogP contribution is -1.83. The molecule has 0 aliphatic rings.